The molecular formula is C13H16ClN3O2. The highest BCUT2D eigenvalue weighted by molar-refractivity contribution is 6.32. The summed E-state index contributed by atoms with van der Waals surface area (Å²) in [5.74, 6) is 0. The van der Waals surface area contributed by atoms with E-state index >= 15 is 0 Å². The Balaban J connectivity index is 2.03. The summed E-state index contributed by atoms with van der Waals surface area (Å²) in [6.45, 7) is 2.51. The molecule has 0 spiro atoms. The minimum absolute atomic E-state index is 0.0718. The van der Waals surface area contributed by atoms with Crippen molar-refractivity contribution in [3.8, 4) is 0 Å². The van der Waals surface area contributed by atoms with Crippen LogP contribution in [0.2, 0.25) is 5.02 Å². The number of nitrogens with one attached hydrogen (secondary N) is 3. The first-order chi connectivity index (χ1) is 9.10. The first-order valence-electron chi connectivity index (χ1n) is 6.00. The molecule has 2 rings (SSSR count). The van der Waals surface area contributed by atoms with Gasteiger partial charge in [0.2, 0.25) is 0 Å². The standard InChI is InChI=1S/C13H16ClN3O2/c1-8-4-12-9(6-11(8)14)5-10(17-12)7-16-13(19)15-2-3-18/h4-6,17-18H,2-3,7H2,1H3,(H2,15,16,19). The Labute approximate surface area is 116 Å². The van der Waals surface area contributed by atoms with Crippen molar-refractivity contribution in [1.82, 2.24) is 15.6 Å². The molecule has 1 aromatic heterocycles. The zero-order valence-electron chi connectivity index (χ0n) is 10.6. The molecule has 4 N–H and O–H groups in total. The van der Waals surface area contributed by atoms with E-state index < -0.39 is 0 Å². The van der Waals surface area contributed by atoms with Gasteiger partial charge < -0.3 is 20.7 Å². The number of H-pyrrole nitrogens is 1. The zero-order chi connectivity index (χ0) is 13.8. The van der Waals surface area contributed by atoms with Gasteiger partial charge in [-0.2, -0.15) is 0 Å². The summed E-state index contributed by atoms with van der Waals surface area (Å²) < 4.78 is 0. The van der Waals surface area contributed by atoms with Crippen molar-refractivity contribution in [3.05, 3.63) is 34.5 Å². The van der Waals surface area contributed by atoms with Gasteiger partial charge >= 0.3 is 6.03 Å². The van der Waals surface area contributed by atoms with Crippen molar-refractivity contribution in [2.45, 2.75) is 13.5 Å². The lowest BCUT2D eigenvalue weighted by Crippen LogP contribution is -2.36. The van der Waals surface area contributed by atoms with Gasteiger partial charge in [0.15, 0.2) is 0 Å². The average molecular weight is 282 g/mol. The van der Waals surface area contributed by atoms with E-state index in [-0.39, 0.29) is 19.2 Å². The fourth-order valence-corrected chi connectivity index (χ4v) is 2.00. The first kappa shape index (κ1) is 13.7. The molecule has 0 aliphatic heterocycles. The van der Waals surface area contributed by atoms with Crippen LogP contribution in [0.15, 0.2) is 18.2 Å². The van der Waals surface area contributed by atoms with E-state index in [1.807, 2.05) is 25.1 Å². The highest BCUT2D eigenvalue weighted by atomic mass is 35.5. The Morgan fingerprint density at radius 3 is 2.89 bits per heavy atom. The van der Waals surface area contributed by atoms with Crippen molar-refractivity contribution in [2.24, 2.45) is 0 Å². The maximum atomic E-state index is 11.3. The van der Waals surface area contributed by atoms with Crippen molar-refractivity contribution in [3.63, 3.8) is 0 Å². The number of benzene rings is 1. The van der Waals surface area contributed by atoms with Crippen LogP contribution in [0, 0.1) is 6.92 Å². The Kier molecular flexibility index (Phi) is 4.29. The molecule has 5 nitrogen and oxygen atoms in total. The third-order valence-electron chi connectivity index (χ3n) is 2.79. The van der Waals surface area contributed by atoms with Gasteiger partial charge in [-0.05, 0) is 30.7 Å². The maximum Gasteiger partial charge on any atom is 0.315 e. The van der Waals surface area contributed by atoms with Gasteiger partial charge in [0.05, 0.1) is 13.2 Å². The van der Waals surface area contributed by atoms with Crippen LogP contribution in [0.25, 0.3) is 10.9 Å². The largest absolute Gasteiger partial charge is 0.395 e. The lowest BCUT2D eigenvalue weighted by Gasteiger charge is -2.04. The summed E-state index contributed by atoms with van der Waals surface area (Å²) in [4.78, 5) is 14.6. The van der Waals surface area contributed by atoms with Crippen molar-refractivity contribution in [2.75, 3.05) is 13.2 Å². The van der Waals surface area contributed by atoms with E-state index in [0.717, 1.165) is 27.2 Å². The lowest BCUT2D eigenvalue weighted by molar-refractivity contribution is 0.234. The highest BCUT2D eigenvalue weighted by Crippen LogP contribution is 2.23. The molecule has 6 heteroatoms. The predicted molar refractivity (Wildman–Crippen MR) is 75.4 cm³/mol. The van der Waals surface area contributed by atoms with E-state index in [0.29, 0.717) is 6.54 Å². The SMILES string of the molecule is Cc1cc2[nH]c(CNC(=O)NCCO)cc2cc1Cl. The van der Waals surface area contributed by atoms with E-state index in [1.165, 1.54) is 0 Å². The smallest absolute Gasteiger partial charge is 0.315 e. The second-order valence-electron chi connectivity index (χ2n) is 4.32. The number of halogens is 1. The number of hydrogen-bond donors (Lipinski definition) is 4. The van der Waals surface area contributed by atoms with Gasteiger partial charge in [-0.15, -0.1) is 0 Å². The zero-order valence-corrected chi connectivity index (χ0v) is 11.3. The number of aliphatic hydroxyl groups is 1. The maximum absolute atomic E-state index is 11.3. The number of amides is 2. The van der Waals surface area contributed by atoms with Gasteiger partial charge in [0.25, 0.3) is 0 Å². The minimum atomic E-state index is -0.304. The van der Waals surface area contributed by atoms with Crippen LogP contribution in [0.3, 0.4) is 0 Å². The molecule has 0 atom stereocenters. The molecule has 0 saturated carbocycles. The van der Waals surface area contributed by atoms with Crippen LogP contribution < -0.4 is 10.6 Å². The molecule has 1 heterocycles. The fraction of sp³-hybridized carbons (Fsp3) is 0.308. The summed E-state index contributed by atoms with van der Waals surface area (Å²) in [6.07, 6.45) is 0. The second kappa shape index (κ2) is 5.95. The molecule has 0 radical (unpaired) electrons. The number of aromatic nitrogens is 1. The summed E-state index contributed by atoms with van der Waals surface area (Å²) in [7, 11) is 0. The molecule has 0 aliphatic rings. The molecule has 0 unspecified atom stereocenters. The van der Waals surface area contributed by atoms with E-state index in [9.17, 15) is 4.79 Å². The number of aromatic amines is 1. The first-order valence-corrected chi connectivity index (χ1v) is 6.38. The molecule has 2 amide bonds. The van der Waals surface area contributed by atoms with Gasteiger partial charge in [-0.25, -0.2) is 4.79 Å². The van der Waals surface area contributed by atoms with Gasteiger partial charge in [0.1, 0.15) is 0 Å². The van der Waals surface area contributed by atoms with Crippen molar-refractivity contribution in [1.29, 1.82) is 0 Å². The van der Waals surface area contributed by atoms with Gasteiger partial charge in [-0.3, -0.25) is 0 Å². The lowest BCUT2D eigenvalue weighted by atomic mass is 10.2. The molecule has 19 heavy (non-hydrogen) atoms. The summed E-state index contributed by atoms with van der Waals surface area (Å²) in [5, 5.41) is 15.5. The minimum Gasteiger partial charge on any atom is -0.395 e. The summed E-state index contributed by atoms with van der Waals surface area (Å²) in [5.41, 5.74) is 2.90. The van der Waals surface area contributed by atoms with Crippen LogP contribution in [0.5, 0.6) is 0 Å². The van der Waals surface area contributed by atoms with Gasteiger partial charge in [0, 0.05) is 28.2 Å². The third kappa shape index (κ3) is 3.39. The topological polar surface area (TPSA) is 77.2 Å². The number of urea groups is 1. The van der Waals surface area contributed by atoms with Crippen molar-refractivity contribution >= 4 is 28.5 Å². The number of carbonyl (C=O) groups is 1. The summed E-state index contributed by atoms with van der Waals surface area (Å²) in [6, 6.07) is 5.53. The molecule has 0 fully saturated rings. The molecule has 0 aliphatic carbocycles. The number of aryl methyl sites for hydroxylation is 1. The highest BCUT2D eigenvalue weighted by Gasteiger charge is 2.05. The molecule has 2 aromatic rings. The molecule has 1 aromatic carbocycles. The Hall–Kier alpha value is -1.72. The number of rotatable bonds is 4. The molecular weight excluding hydrogens is 266 g/mol. The fourth-order valence-electron chi connectivity index (χ4n) is 1.82. The molecule has 0 bridgehead atoms. The van der Waals surface area contributed by atoms with Crippen LogP contribution in [0.4, 0.5) is 4.79 Å². The number of aliphatic hydroxyl groups excluding tert-OH is 1. The summed E-state index contributed by atoms with van der Waals surface area (Å²) >= 11 is 6.06. The quantitative estimate of drug-likeness (QED) is 0.691. The number of fused-ring (bicyclic) bond motifs is 1. The van der Waals surface area contributed by atoms with Crippen molar-refractivity contribution < 1.29 is 9.90 Å². The number of carbonyl (C=O) groups excluding carboxylic acids is 1. The number of hydrogen-bond acceptors (Lipinski definition) is 2. The monoisotopic (exact) mass is 281 g/mol. The Bertz CT molecular complexity index is 556. The van der Waals surface area contributed by atoms with Crippen LogP contribution in [-0.4, -0.2) is 29.3 Å². The van der Waals surface area contributed by atoms with E-state index in [1.54, 1.807) is 0 Å². The third-order valence-corrected chi connectivity index (χ3v) is 3.20. The Morgan fingerprint density at radius 1 is 1.37 bits per heavy atom. The predicted octanol–water partition coefficient (Wildman–Crippen LogP) is 1.92. The van der Waals surface area contributed by atoms with Crippen LogP contribution >= 0.6 is 11.6 Å². The Morgan fingerprint density at radius 2 is 2.16 bits per heavy atom. The van der Waals surface area contributed by atoms with Crippen LogP contribution in [-0.2, 0) is 6.54 Å². The average Bonchev–Trinajstić information content (AvgIpc) is 2.76. The second-order valence-corrected chi connectivity index (χ2v) is 4.72. The molecule has 0 saturated heterocycles. The van der Waals surface area contributed by atoms with Gasteiger partial charge in [-0.1, -0.05) is 11.6 Å². The normalized spacial score (nSPS) is 10.7. The van der Waals surface area contributed by atoms with E-state index in [4.69, 9.17) is 16.7 Å². The molecule has 102 valence electrons. The van der Waals surface area contributed by atoms with Crippen LogP contribution in [0.1, 0.15) is 11.3 Å². The van der Waals surface area contributed by atoms with E-state index in [2.05, 4.69) is 15.6 Å².